The molecular weight excluding hydrogens is 273 g/mol. The predicted octanol–water partition coefficient (Wildman–Crippen LogP) is 3.85. The van der Waals surface area contributed by atoms with Crippen molar-refractivity contribution in [1.82, 2.24) is 4.90 Å². The van der Waals surface area contributed by atoms with Gasteiger partial charge in [0.05, 0.1) is 5.75 Å². The van der Waals surface area contributed by atoms with Gasteiger partial charge in [-0.25, -0.2) is 4.39 Å². The lowest BCUT2D eigenvalue weighted by molar-refractivity contribution is -0.129. The van der Waals surface area contributed by atoms with Gasteiger partial charge in [0.1, 0.15) is 5.82 Å². The Morgan fingerprint density at radius 1 is 1.25 bits per heavy atom. The fourth-order valence-electron chi connectivity index (χ4n) is 2.61. The number of nitrogens with zero attached hydrogens (tertiary/aromatic N) is 1. The highest BCUT2D eigenvalue weighted by Crippen LogP contribution is 2.22. The van der Waals surface area contributed by atoms with Crippen LogP contribution in [0.15, 0.2) is 24.3 Å². The zero-order valence-electron chi connectivity index (χ0n) is 12.0. The Balaban J connectivity index is 1.72. The second-order valence-electron chi connectivity index (χ2n) is 5.42. The average Bonchev–Trinajstić information content (AvgIpc) is 2.49. The molecule has 1 aromatic rings. The zero-order valence-corrected chi connectivity index (χ0v) is 12.8. The summed E-state index contributed by atoms with van der Waals surface area (Å²) in [6, 6.07) is 6.91. The third kappa shape index (κ3) is 4.51. The van der Waals surface area contributed by atoms with Gasteiger partial charge in [-0.2, -0.15) is 0 Å². The summed E-state index contributed by atoms with van der Waals surface area (Å²) in [7, 11) is 1.93. The molecule has 0 radical (unpaired) electrons. The molecule has 2 rings (SSSR count). The molecule has 110 valence electrons. The van der Waals surface area contributed by atoms with E-state index in [0.29, 0.717) is 11.8 Å². The van der Waals surface area contributed by atoms with E-state index in [4.69, 9.17) is 0 Å². The smallest absolute Gasteiger partial charge is 0.232 e. The number of thioether (sulfide) groups is 1. The Kier molecular flexibility index (Phi) is 5.89. The maximum absolute atomic E-state index is 12.8. The van der Waals surface area contributed by atoms with Crippen molar-refractivity contribution in [2.24, 2.45) is 0 Å². The second kappa shape index (κ2) is 7.67. The fourth-order valence-corrected chi connectivity index (χ4v) is 3.52. The summed E-state index contributed by atoms with van der Waals surface area (Å²) in [5, 5.41) is 0. The van der Waals surface area contributed by atoms with Crippen LogP contribution in [0.5, 0.6) is 0 Å². The molecule has 0 atom stereocenters. The van der Waals surface area contributed by atoms with Crippen LogP contribution in [0.1, 0.15) is 37.7 Å². The van der Waals surface area contributed by atoms with Gasteiger partial charge in [0.25, 0.3) is 0 Å². The van der Waals surface area contributed by atoms with Gasteiger partial charge in [0.2, 0.25) is 5.91 Å². The van der Waals surface area contributed by atoms with E-state index >= 15 is 0 Å². The standard InChI is InChI=1S/C16H22FNOS/c1-18(15-5-3-2-4-6-15)16(19)12-20-11-13-7-9-14(17)10-8-13/h7-10,15H,2-6,11-12H2,1H3. The highest BCUT2D eigenvalue weighted by molar-refractivity contribution is 7.99. The van der Waals surface area contributed by atoms with Crippen LogP contribution in [0.25, 0.3) is 0 Å². The third-order valence-electron chi connectivity index (χ3n) is 3.92. The first-order valence-electron chi connectivity index (χ1n) is 7.24. The van der Waals surface area contributed by atoms with Crippen molar-refractivity contribution in [3.05, 3.63) is 35.6 Å². The molecule has 1 amide bonds. The predicted molar refractivity (Wildman–Crippen MR) is 82.2 cm³/mol. The van der Waals surface area contributed by atoms with Crippen molar-refractivity contribution in [2.75, 3.05) is 12.8 Å². The quantitative estimate of drug-likeness (QED) is 0.822. The van der Waals surface area contributed by atoms with Crippen LogP contribution in [0.4, 0.5) is 4.39 Å². The summed E-state index contributed by atoms with van der Waals surface area (Å²) in [4.78, 5) is 14.1. The topological polar surface area (TPSA) is 20.3 Å². The van der Waals surface area contributed by atoms with E-state index < -0.39 is 0 Å². The lowest BCUT2D eigenvalue weighted by Gasteiger charge is -2.31. The van der Waals surface area contributed by atoms with Gasteiger partial charge in [0.15, 0.2) is 0 Å². The van der Waals surface area contributed by atoms with Crippen LogP contribution < -0.4 is 0 Å². The van der Waals surface area contributed by atoms with Gasteiger partial charge in [-0.1, -0.05) is 31.4 Å². The summed E-state index contributed by atoms with van der Waals surface area (Å²) >= 11 is 1.60. The molecule has 1 aliphatic carbocycles. The van der Waals surface area contributed by atoms with E-state index in [0.717, 1.165) is 24.2 Å². The largest absolute Gasteiger partial charge is 0.342 e. The minimum atomic E-state index is -0.216. The van der Waals surface area contributed by atoms with Gasteiger partial charge in [0, 0.05) is 18.8 Å². The summed E-state index contributed by atoms with van der Waals surface area (Å²) in [6.45, 7) is 0. The number of hydrogen-bond acceptors (Lipinski definition) is 2. The molecule has 1 saturated carbocycles. The summed E-state index contributed by atoms with van der Waals surface area (Å²) < 4.78 is 12.8. The van der Waals surface area contributed by atoms with E-state index in [1.165, 1.54) is 31.4 Å². The first-order valence-corrected chi connectivity index (χ1v) is 8.40. The Morgan fingerprint density at radius 3 is 2.55 bits per heavy atom. The SMILES string of the molecule is CN(C(=O)CSCc1ccc(F)cc1)C1CCCCC1. The molecule has 2 nitrogen and oxygen atoms in total. The molecule has 0 heterocycles. The lowest BCUT2D eigenvalue weighted by Crippen LogP contribution is -2.39. The van der Waals surface area contributed by atoms with Gasteiger partial charge >= 0.3 is 0 Å². The van der Waals surface area contributed by atoms with E-state index in [1.54, 1.807) is 23.9 Å². The molecule has 0 aliphatic heterocycles. The molecule has 1 aliphatic rings. The fraction of sp³-hybridized carbons (Fsp3) is 0.562. The summed E-state index contributed by atoms with van der Waals surface area (Å²) in [5.74, 6) is 1.26. The van der Waals surface area contributed by atoms with Gasteiger partial charge in [-0.3, -0.25) is 4.79 Å². The normalized spacial score (nSPS) is 16.1. The van der Waals surface area contributed by atoms with Crippen LogP contribution in [-0.4, -0.2) is 29.6 Å². The maximum Gasteiger partial charge on any atom is 0.232 e. The molecule has 0 saturated heterocycles. The van der Waals surface area contributed by atoms with Crippen molar-refractivity contribution in [1.29, 1.82) is 0 Å². The number of halogens is 1. The highest BCUT2D eigenvalue weighted by Gasteiger charge is 2.21. The minimum Gasteiger partial charge on any atom is -0.342 e. The van der Waals surface area contributed by atoms with Crippen molar-refractivity contribution < 1.29 is 9.18 Å². The first kappa shape index (κ1) is 15.4. The van der Waals surface area contributed by atoms with Gasteiger partial charge < -0.3 is 4.90 Å². The number of hydrogen-bond donors (Lipinski definition) is 0. The number of carbonyl (C=O) groups is 1. The van der Waals surface area contributed by atoms with E-state index in [-0.39, 0.29) is 11.7 Å². The van der Waals surface area contributed by atoms with Crippen molar-refractivity contribution in [3.8, 4) is 0 Å². The van der Waals surface area contributed by atoms with Crippen LogP contribution in [0.3, 0.4) is 0 Å². The molecule has 0 bridgehead atoms. The maximum atomic E-state index is 12.8. The molecule has 0 aromatic heterocycles. The Labute approximate surface area is 124 Å². The van der Waals surface area contributed by atoms with Crippen LogP contribution in [-0.2, 0) is 10.5 Å². The third-order valence-corrected chi connectivity index (χ3v) is 4.91. The van der Waals surface area contributed by atoms with E-state index in [1.807, 2.05) is 11.9 Å². The van der Waals surface area contributed by atoms with Crippen molar-refractivity contribution in [2.45, 2.75) is 43.9 Å². The zero-order chi connectivity index (χ0) is 14.4. The van der Waals surface area contributed by atoms with Crippen LogP contribution in [0, 0.1) is 5.82 Å². The lowest BCUT2D eigenvalue weighted by atomic mass is 9.94. The molecule has 20 heavy (non-hydrogen) atoms. The molecule has 4 heteroatoms. The first-order chi connectivity index (χ1) is 9.66. The average molecular weight is 295 g/mol. The summed E-state index contributed by atoms with van der Waals surface area (Å²) in [5.41, 5.74) is 1.06. The molecule has 1 fully saturated rings. The summed E-state index contributed by atoms with van der Waals surface area (Å²) in [6.07, 6.45) is 6.07. The van der Waals surface area contributed by atoms with E-state index in [2.05, 4.69) is 0 Å². The number of benzene rings is 1. The van der Waals surface area contributed by atoms with Crippen LogP contribution >= 0.6 is 11.8 Å². The second-order valence-corrected chi connectivity index (χ2v) is 6.40. The number of rotatable bonds is 5. The number of amides is 1. The Hall–Kier alpha value is -1.03. The van der Waals surface area contributed by atoms with Crippen LogP contribution in [0.2, 0.25) is 0 Å². The highest BCUT2D eigenvalue weighted by atomic mass is 32.2. The van der Waals surface area contributed by atoms with Crippen molar-refractivity contribution >= 4 is 17.7 Å². The molecule has 0 unspecified atom stereocenters. The molecule has 0 N–H and O–H groups in total. The van der Waals surface area contributed by atoms with Crippen molar-refractivity contribution in [3.63, 3.8) is 0 Å². The Morgan fingerprint density at radius 2 is 1.90 bits per heavy atom. The van der Waals surface area contributed by atoms with E-state index in [9.17, 15) is 9.18 Å². The Bertz CT molecular complexity index is 429. The minimum absolute atomic E-state index is 0.212. The molecule has 1 aromatic carbocycles. The number of carbonyl (C=O) groups excluding carboxylic acids is 1. The van der Waals surface area contributed by atoms with Gasteiger partial charge in [-0.15, -0.1) is 11.8 Å². The molecular formula is C16H22FNOS. The monoisotopic (exact) mass is 295 g/mol. The molecule has 0 spiro atoms. The van der Waals surface area contributed by atoms with Gasteiger partial charge in [-0.05, 0) is 30.5 Å².